The quantitative estimate of drug-likeness (QED) is 0.471. The fourth-order valence-corrected chi connectivity index (χ4v) is 3.01. The summed E-state index contributed by atoms with van der Waals surface area (Å²) in [4.78, 5) is 23.1. The van der Waals surface area contributed by atoms with E-state index in [1.54, 1.807) is 0 Å². The highest BCUT2D eigenvalue weighted by Gasteiger charge is 2.24. The van der Waals surface area contributed by atoms with Gasteiger partial charge in [0.15, 0.2) is 0 Å². The van der Waals surface area contributed by atoms with Crippen LogP contribution in [-0.4, -0.2) is 29.5 Å². The molecule has 0 unspecified atom stereocenters. The Morgan fingerprint density at radius 2 is 1.52 bits per heavy atom. The van der Waals surface area contributed by atoms with Crippen LogP contribution in [-0.2, 0) is 17.8 Å². The van der Waals surface area contributed by atoms with Crippen LogP contribution in [0.1, 0.15) is 104 Å². The van der Waals surface area contributed by atoms with E-state index in [9.17, 15) is 9.59 Å². The molecule has 5 nitrogen and oxygen atoms in total. The van der Waals surface area contributed by atoms with E-state index in [2.05, 4.69) is 21.3 Å². The number of carbonyl (C=O) groups is 2. The maximum absolute atomic E-state index is 12.2. The number of rotatable bonds is 4. The van der Waals surface area contributed by atoms with Crippen molar-refractivity contribution < 1.29 is 9.59 Å². The molecular formula is C26H59N3O2. The molecule has 0 bridgehead atoms. The number of benzene rings is 1. The molecule has 1 aliphatic heterocycles. The zero-order chi connectivity index (χ0) is 14.8. The molecule has 0 aliphatic carbocycles. The Morgan fingerprint density at radius 1 is 0.968 bits per heavy atom. The van der Waals surface area contributed by atoms with Crippen LogP contribution in [0, 0.1) is 0 Å². The molecule has 0 spiro atoms. The molecule has 3 rings (SSSR count). The number of nitrogens with one attached hydrogen (secondary N) is 2. The molecule has 2 N–H and O–H groups in total. The van der Waals surface area contributed by atoms with Gasteiger partial charge in [-0.25, -0.2) is 0 Å². The molecule has 5 heteroatoms. The van der Waals surface area contributed by atoms with Gasteiger partial charge in [0.05, 0.1) is 5.56 Å². The van der Waals surface area contributed by atoms with Gasteiger partial charge < -0.3 is 15.2 Å². The zero-order valence-corrected chi connectivity index (χ0v) is 12.1. The summed E-state index contributed by atoms with van der Waals surface area (Å²) in [5, 5.41) is 6.75. The topological polar surface area (TPSA) is 63.1 Å². The number of aromatic nitrogens is 1. The van der Waals surface area contributed by atoms with Crippen LogP contribution in [0.15, 0.2) is 24.3 Å². The summed E-state index contributed by atoms with van der Waals surface area (Å²) in [6, 6.07) is 8.02. The second-order valence-electron chi connectivity index (χ2n) is 5.33. The number of amides is 2. The van der Waals surface area contributed by atoms with Crippen LogP contribution in [0.25, 0.3) is 10.9 Å². The first-order chi connectivity index (χ1) is 10.2. The molecule has 2 heterocycles. The molecule has 190 valence electrons. The molecule has 2 amide bonds. The fourth-order valence-electron chi connectivity index (χ4n) is 3.01. The Hall–Kier alpha value is -2.30. The number of nitrogens with zero attached hydrogens (tertiary/aromatic N) is 1. The lowest BCUT2D eigenvalue weighted by Gasteiger charge is -2.16. The first-order valence-corrected chi connectivity index (χ1v) is 7.31. The predicted octanol–water partition coefficient (Wildman–Crippen LogP) is 7.81. The summed E-state index contributed by atoms with van der Waals surface area (Å²) >= 11 is 0. The van der Waals surface area contributed by atoms with Gasteiger partial charge in [-0.1, -0.05) is 92.5 Å². The standard InChI is InChI=1S/C16H19N3O2.10CH4/c1-11(20)17-8-4-10-19-13-6-3-2-5-12(13)15-14(19)7-9-18-16(15)21;;;;;;;;;;/h2-3,5-6H,4,7-10H2,1H3,(H,17,20)(H,18,21);10*1H4. The number of aryl methyl sites for hydroxylation is 1. The van der Waals surface area contributed by atoms with Crippen molar-refractivity contribution in [3.05, 3.63) is 35.5 Å². The van der Waals surface area contributed by atoms with Crippen molar-refractivity contribution in [3.8, 4) is 0 Å². The smallest absolute Gasteiger partial charge is 0.253 e. The Kier molecular flexibility index (Phi) is 37.1. The molecule has 31 heavy (non-hydrogen) atoms. The van der Waals surface area contributed by atoms with E-state index in [4.69, 9.17) is 0 Å². The summed E-state index contributed by atoms with van der Waals surface area (Å²) in [7, 11) is 0. The van der Waals surface area contributed by atoms with Crippen molar-refractivity contribution in [3.63, 3.8) is 0 Å². The SMILES string of the molecule is C.C.C.C.C.C.C.C.C.C.CC(=O)NCCCn1c2c(c3ccccc31)C(=O)NCC2. The third-order valence-electron chi connectivity index (χ3n) is 3.89. The molecule has 1 aromatic carbocycles. The van der Waals surface area contributed by atoms with Gasteiger partial charge in [0.1, 0.15) is 0 Å². The van der Waals surface area contributed by atoms with Crippen LogP contribution >= 0.6 is 0 Å². The highest BCUT2D eigenvalue weighted by atomic mass is 16.2. The van der Waals surface area contributed by atoms with Crippen LogP contribution in [0.2, 0.25) is 0 Å². The van der Waals surface area contributed by atoms with E-state index >= 15 is 0 Å². The summed E-state index contributed by atoms with van der Waals surface area (Å²) in [6.07, 6.45) is 1.71. The Bertz CT molecular complexity index is 706. The predicted molar refractivity (Wildman–Crippen MR) is 149 cm³/mol. The van der Waals surface area contributed by atoms with Crippen molar-refractivity contribution in [1.29, 1.82) is 0 Å². The maximum atomic E-state index is 12.2. The monoisotopic (exact) mass is 445 g/mol. The van der Waals surface area contributed by atoms with Gasteiger partial charge in [-0.05, 0) is 12.5 Å². The first kappa shape index (κ1) is 51.4. The summed E-state index contributed by atoms with van der Waals surface area (Å²) < 4.78 is 2.23. The number of fused-ring (bicyclic) bond motifs is 3. The molecule has 1 aliphatic rings. The minimum Gasteiger partial charge on any atom is -0.356 e. The second-order valence-corrected chi connectivity index (χ2v) is 5.33. The van der Waals surface area contributed by atoms with Crippen LogP contribution in [0.4, 0.5) is 0 Å². The Morgan fingerprint density at radius 3 is 2.06 bits per heavy atom. The molecule has 0 atom stereocenters. The zero-order valence-electron chi connectivity index (χ0n) is 12.1. The highest BCUT2D eigenvalue weighted by Crippen LogP contribution is 2.28. The molecule has 0 saturated heterocycles. The first-order valence-electron chi connectivity index (χ1n) is 7.31. The average Bonchev–Trinajstić information content (AvgIpc) is 2.79. The maximum Gasteiger partial charge on any atom is 0.253 e. The Balaban J connectivity index is -0.0000000882. The van der Waals surface area contributed by atoms with Gasteiger partial charge in [-0.3, -0.25) is 9.59 Å². The molecule has 0 radical (unpaired) electrons. The molecular weight excluding hydrogens is 386 g/mol. The lowest BCUT2D eigenvalue weighted by atomic mass is 10.1. The van der Waals surface area contributed by atoms with Crippen LogP contribution < -0.4 is 10.6 Å². The van der Waals surface area contributed by atoms with Crippen LogP contribution in [0.5, 0.6) is 0 Å². The van der Waals surface area contributed by atoms with Gasteiger partial charge in [-0.15, -0.1) is 0 Å². The molecule has 2 aromatic rings. The molecule has 0 saturated carbocycles. The number of carbonyl (C=O) groups excluding carboxylic acids is 2. The highest BCUT2D eigenvalue weighted by molar-refractivity contribution is 6.09. The van der Waals surface area contributed by atoms with Crippen molar-refractivity contribution in [1.82, 2.24) is 15.2 Å². The van der Waals surface area contributed by atoms with Gasteiger partial charge in [0, 0.05) is 49.6 Å². The second kappa shape index (κ2) is 22.4. The lowest BCUT2D eigenvalue weighted by Crippen LogP contribution is -2.32. The summed E-state index contributed by atoms with van der Waals surface area (Å²) in [5.41, 5.74) is 3.03. The van der Waals surface area contributed by atoms with Gasteiger partial charge >= 0.3 is 0 Å². The van der Waals surface area contributed by atoms with Gasteiger partial charge in [-0.2, -0.15) is 0 Å². The van der Waals surface area contributed by atoms with E-state index < -0.39 is 0 Å². The minimum atomic E-state index is -0.00577. The van der Waals surface area contributed by atoms with Crippen molar-refractivity contribution in [2.45, 2.75) is 101 Å². The molecule has 1 aromatic heterocycles. The minimum absolute atomic E-state index is 0. The normalized spacial score (nSPS) is 9.39. The van der Waals surface area contributed by atoms with Gasteiger partial charge in [0.25, 0.3) is 5.91 Å². The van der Waals surface area contributed by atoms with E-state index in [1.165, 1.54) is 6.92 Å². The number of para-hydroxylation sites is 1. The van der Waals surface area contributed by atoms with Crippen molar-refractivity contribution in [2.24, 2.45) is 0 Å². The average molecular weight is 446 g/mol. The van der Waals surface area contributed by atoms with Crippen molar-refractivity contribution >= 4 is 22.7 Å². The van der Waals surface area contributed by atoms with Crippen molar-refractivity contribution in [2.75, 3.05) is 13.1 Å². The Labute approximate surface area is 197 Å². The summed E-state index contributed by atoms with van der Waals surface area (Å²) in [6.45, 7) is 3.68. The van der Waals surface area contributed by atoms with E-state index in [0.29, 0.717) is 13.1 Å². The third kappa shape index (κ3) is 10.5. The summed E-state index contributed by atoms with van der Waals surface area (Å²) in [5.74, 6) is 0.0156. The lowest BCUT2D eigenvalue weighted by molar-refractivity contribution is -0.118. The number of hydrogen-bond donors (Lipinski definition) is 2. The van der Waals surface area contributed by atoms with E-state index in [1.807, 2.05) is 18.2 Å². The largest absolute Gasteiger partial charge is 0.356 e. The van der Waals surface area contributed by atoms with Crippen LogP contribution in [0.3, 0.4) is 0 Å². The van der Waals surface area contributed by atoms with E-state index in [0.717, 1.165) is 41.5 Å². The number of hydrogen-bond acceptors (Lipinski definition) is 2. The van der Waals surface area contributed by atoms with E-state index in [-0.39, 0.29) is 86.1 Å². The molecule has 0 fully saturated rings. The fraction of sp³-hybridized carbons (Fsp3) is 0.615. The van der Waals surface area contributed by atoms with Gasteiger partial charge in [0.2, 0.25) is 5.91 Å². The third-order valence-corrected chi connectivity index (χ3v) is 3.89.